The first-order valence-corrected chi connectivity index (χ1v) is 8.22. The SMILES string of the molecule is CC[C@H](Oc1ccc(C)cc1C)C(=O)NC1CCN(C)CC1. The summed E-state index contributed by atoms with van der Waals surface area (Å²) in [6.07, 6.45) is 2.29. The normalized spacial score (nSPS) is 18.0. The summed E-state index contributed by atoms with van der Waals surface area (Å²) in [4.78, 5) is 14.8. The van der Waals surface area contributed by atoms with Crippen LogP contribution in [-0.2, 0) is 4.79 Å². The highest BCUT2D eigenvalue weighted by Gasteiger charge is 2.24. The number of amides is 1. The molecule has 1 saturated heterocycles. The fourth-order valence-electron chi connectivity index (χ4n) is 2.85. The molecule has 4 heteroatoms. The Bertz CT molecular complexity index is 508. The van der Waals surface area contributed by atoms with Crippen molar-refractivity contribution in [2.75, 3.05) is 20.1 Å². The van der Waals surface area contributed by atoms with Crippen LogP contribution in [0.2, 0.25) is 0 Å². The molecule has 1 fully saturated rings. The lowest BCUT2D eigenvalue weighted by Gasteiger charge is -2.30. The molecular weight excluding hydrogens is 276 g/mol. The molecule has 1 heterocycles. The second-order valence-electron chi connectivity index (χ2n) is 6.37. The van der Waals surface area contributed by atoms with Gasteiger partial charge in [-0.3, -0.25) is 4.79 Å². The molecule has 22 heavy (non-hydrogen) atoms. The van der Waals surface area contributed by atoms with Gasteiger partial charge in [0.2, 0.25) is 0 Å². The van der Waals surface area contributed by atoms with E-state index in [1.807, 2.05) is 26.0 Å². The van der Waals surface area contributed by atoms with Crippen LogP contribution in [0.15, 0.2) is 18.2 Å². The fraction of sp³-hybridized carbons (Fsp3) is 0.611. The van der Waals surface area contributed by atoms with Gasteiger partial charge in [0.25, 0.3) is 5.91 Å². The first-order valence-electron chi connectivity index (χ1n) is 8.22. The molecule has 1 aliphatic rings. The summed E-state index contributed by atoms with van der Waals surface area (Å²) in [7, 11) is 2.12. The standard InChI is InChI=1S/C18H28N2O2/c1-5-16(22-17-7-6-13(2)12-14(17)3)18(21)19-15-8-10-20(4)11-9-15/h6-7,12,15-16H,5,8-11H2,1-4H3,(H,19,21)/t16-/m0/s1. The summed E-state index contributed by atoms with van der Waals surface area (Å²) in [5, 5.41) is 3.15. The summed E-state index contributed by atoms with van der Waals surface area (Å²) in [5.74, 6) is 0.813. The number of aryl methyl sites for hydroxylation is 2. The fourth-order valence-corrected chi connectivity index (χ4v) is 2.85. The van der Waals surface area contributed by atoms with E-state index in [0.717, 1.165) is 37.2 Å². The van der Waals surface area contributed by atoms with Crippen molar-refractivity contribution in [2.45, 2.75) is 52.2 Å². The second-order valence-corrected chi connectivity index (χ2v) is 6.37. The Morgan fingerprint density at radius 1 is 1.36 bits per heavy atom. The minimum Gasteiger partial charge on any atom is -0.480 e. The topological polar surface area (TPSA) is 41.6 Å². The number of nitrogens with one attached hydrogen (secondary N) is 1. The van der Waals surface area contributed by atoms with E-state index < -0.39 is 6.10 Å². The molecule has 1 aromatic rings. The molecule has 1 aliphatic heterocycles. The molecule has 0 bridgehead atoms. The van der Waals surface area contributed by atoms with Crippen molar-refractivity contribution in [1.82, 2.24) is 10.2 Å². The Hall–Kier alpha value is -1.55. The highest BCUT2D eigenvalue weighted by Crippen LogP contribution is 2.21. The number of likely N-dealkylation sites (tertiary alicyclic amines) is 1. The lowest BCUT2D eigenvalue weighted by Crippen LogP contribution is -2.47. The van der Waals surface area contributed by atoms with Gasteiger partial charge in [0.05, 0.1) is 0 Å². The number of hydrogen-bond donors (Lipinski definition) is 1. The maximum absolute atomic E-state index is 12.5. The van der Waals surface area contributed by atoms with Gasteiger partial charge < -0.3 is 15.0 Å². The van der Waals surface area contributed by atoms with Crippen LogP contribution >= 0.6 is 0 Å². The molecule has 1 atom stereocenters. The highest BCUT2D eigenvalue weighted by molar-refractivity contribution is 5.81. The number of hydrogen-bond acceptors (Lipinski definition) is 3. The molecular formula is C18H28N2O2. The van der Waals surface area contributed by atoms with Gasteiger partial charge >= 0.3 is 0 Å². The average Bonchev–Trinajstić information content (AvgIpc) is 2.49. The van der Waals surface area contributed by atoms with Crippen LogP contribution in [0.1, 0.15) is 37.3 Å². The van der Waals surface area contributed by atoms with Crippen LogP contribution in [0.3, 0.4) is 0 Å². The van der Waals surface area contributed by atoms with Gasteiger partial charge in [0.1, 0.15) is 5.75 Å². The van der Waals surface area contributed by atoms with Crippen molar-refractivity contribution in [3.8, 4) is 5.75 Å². The van der Waals surface area contributed by atoms with Gasteiger partial charge in [-0.2, -0.15) is 0 Å². The van der Waals surface area contributed by atoms with E-state index in [1.54, 1.807) is 0 Å². The molecule has 0 spiro atoms. The van der Waals surface area contributed by atoms with Gasteiger partial charge in [-0.15, -0.1) is 0 Å². The number of carbonyl (C=O) groups excluding carboxylic acids is 1. The zero-order valence-electron chi connectivity index (χ0n) is 14.2. The molecule has 1 amide bonds. The Kier molecular flexibility index (Phi) is 5.83. The minimum atomic E-state index is -0.416. The molecule has 0 aromatic heterocycles. The molecule has 0 aliphatic carbocycles. The third-order valence-electron chi connectivity index (χ3n) is 4.33. The average molecular weight is 304 g/mol. The van der Waals surface area contributed by atoms with Crippen LogP contribution in [0.25, 0.3) is 0 Å². The van der Waals surface area contributed by atoms with E-state index in [9.17, 15) is 4.79 Å². The smallest absolute Gasteiger partial charge is 0.261 e. The monoisotopic (exact) mass is 304 g/mol. The van der Waals surface area contributed by atoms with Crippen LogP contribution in [0.4, 0.5) is 0 Å². The predicted octanol–water partition coefficient (Wildman–Crippen LogP) is 2.67. The number of nitrogens with zero attached hydrogens (tertiary/aromatic N) is 1. The highest BCUT2D eigenvalue weighted by atomic mass is 16.5. The largest absolute Gasteiger partial charge is 0.480 e. The zero-order valence-corrected chi connectivity index (χ0v) is 14.2. The number of carbonyl (C=O) groups is 1. The molecule has 1 N–H and O–H groups in total. The summed E-state index contributed by atoms with van der Waals surface area (Å²) in [6.45, 7) is 8.15. The third kappa shape index (κ3) is 4.47. The molecule has 0 radical (unpaired) electrons. The van der Waals surface area contributed by atoms with Crippen molar-refractivity contribution >= 4 is 5.91 Å². The van der Waals surface area contributed by atoms with Crippen molar-refractivity contribution < 1.29 is 9.53 Å². The Morgan fingerprint density at radius 2 is 2.05 bits per heavy atom. The van der Waals surface area contributed by atoms with Gasteiger partial charge in [-0.05, 0) is 64.9 Å². The number of ether oxygens (including phenoxy) is 1. The first-order chi connectivity index (χ1) is 10.5. The molecule has 0 saturated carbocycles. The van der Waals surface area contributed by atoms with Crippen LogP contribution in [0, 0.1) is 13.8 Å². The molecule has 2 rings (SSSR count). The van der Waals surface area contributed by atoms with Crippen LogP contribution in [0.5, 0.6) is 5.75 Å². The molecule has 122 valence electrons. The lowest BCUT2D eigenvalue weighted by atomic mass is 10.0. The van der Waals surface area contributed by atoms with Crippen molar-refractivity contribution in [2.24, 2.45) is 0 Å². The van der Waals surface area contributed by atoms with Gasteiger partial charge in [0, 0.05) is 6.04 Å². The third-order valence-corrected chi connectivity index (χ3v) is 4.33. The van der Waals surface area contributed by atoms with Crippen molar-refractivity contribution in [3.05, 3.63) is 29.3 Å². The summed E-state index contributed by atoms with van der Waals surface area (Å²) < 4.78 is 5.95. The quantitative estimate of drug-likeness (QED) is 0.909. The van der Waals surface area contributed by atoms with E-state index in [2.05, 4.69) is 30.3 Å². The first kappa shape index (κ1) is 16.8. The molecule has 0 unspecified atom stereocenters. The van der Waals surface area contributed by atoms with E-state index in [4.69, 9.17) is 4.74 Å². The molecule has 1 aromatic carbocycles. The number of piperidine rings is 1. The zero-order chi connectivity index (χ0) is 16.1. The number of rotatable bonds is 5. The Labute approximate surface area is 133 Å². The van der Waals surface area contributed by atoms with Crippen molar-refractivity contribution in [1.29, 1.82) is 0 Å². The van der Waals surface area contributed by atoms with Gasteiger partial charge in [-0.1, -0.05) is 24.6 Å². The minimum absolute atomic E-state index is 0.0111. The molecule has 4 nitrogen and oxygen atoms in total. The maximum atomic E-state index is 12.5. The van der Waals surface area contributed by atoms with Gasteiger partial charge in [0.15, 0.2) is 6.10 Å². The summed E-state index contributed by atoms with van der Waals surface area (Å²) >= 11 is 0. The van der Waals surface area contributed by atoms with Crippen LogP contribution < -0.4 is 10.1 Å². The van der Waals surface area contributed by atoms with Gasteiger partial charge in [-0.25, -0.2) is 0 Å². The van der Waals surface area contributed by atoms with E-state index >= 15 is 0 Å². The summed E-state index contributed by atoms with van der Waals surface area (Å²) in [6, 6.07) is 6.33. The predicted molar refractivity (Wildman–Crippen MR) is 89.3 cm³/mol. The van der Waals surface area contributed by atoms with E-state index in [-0.39, 0.29) is 11.9 Å². The van der Waals surface area contributed by atoms with E-state index in [1.165, 1.54) is 5.56 Å². The number of benzene rings is 1. The maximum Gasteiger partial charge on any atom is 0.261 e. The second kappa shape index (κ2) is 7.63. The Balaban J connectivity index is 1.94. The Morgan fingerprint density at radius 3 is 2.64 bits per heavy atom. The lowest BCUT2D eigenvalue weighted by molar-refractivity contribution is -0.129. The summed E-state index contributed by atoms with van der Waals surface area (Å²) in [5.41, 5.74) is 2.28. The van der Waals surface area contributed by atoms with Crippen molar-refractivity contribution in [3.63, 3.8) is 0 Å². The van der Waals surface area contributed by atoms with E-state index in [0.29, 0.717) is 6.42 Å². The van der Waals surface area contributed by atoms with Crippen LogP contribution in [-0.4, -0.2) is 43.1 Å².